The summed E-state index contributed by atoms with van der Waals surface area (Å²) in [5.74, 6) is -1.59. The molecule has 1 aromatic heterocycles. The summed E-state index contributed by atoms with van der Waals surface area (Å²) in [7, 11) is 0. The highest BCUT2D eigenvalue weighted by atomic mass is 16.3. The van der Waals surface area contributed by atoms with E-state index in [1.54, 1.807) is 48.5 Å². The van der Waals surface area contributed by atoms with Crippen LogP contribution < -0.4 is 5.73 Å². The van der Waals surface area contributed by atoms with E-state index in [4.69, 9.17) is 5.73 Å². The molecule has 0 saturated carbocycles. The van der Waals surface area contributed by atoms with Gasteiger partial charge in [-0.05, 0) is 60.7 Å². The number of rotatable bonds is 3. The molecule has 3 aromatic carbocycles. The van der Waals surface area contributed by atoms with Crippen LogP contribution in [0.2, 0.25) is 0 Å². The van der Waals surface area contributed by atoms with Crippen LogP contribution in [0.5, 0.6) is 11.8 Å². The van der Waals surface area contributed by atoms with Gasteiger partial charge in [0.2, 0.25) is 11.8 Å². The fourth-order valence-electron chi connectivity index (χ4n) is 3.04. The fraction of sp³-hybridized carbons (Fsp3) is 0. The van der Waals surface area contributed by atoms with Gasteiger partial charge in [-0.2, -0.15) is 0 Å². The summed E-state index contributed by atoms with van der Waals surface area (Å²) in [4.78, 5) is 24.2. The number of fused-ring (bicyclic) bond motifs is 1. The number of nitrogens with two attached hydrogens (primary N) is 1. The van der Waals surface area contributed by atoms with Crippen molar-refractivity contribution in [1.29, 1.82) is 0 Å². The van der Waals surface area contributed by atoms with Gasteiger partial charge in [0.15, 0.2) is 0 Å². The normalized spacial score (nSPS) is 11.2. The van der Waals surface area contributed by atoms with Gasteiger partial charge in [-0.15, -0.1) is 10.2 Å². The predicted molar refractivity (Wildman–Crippen MR) is 111 cm³/mol. The minimum Gasteiger partial charge on any atom is -0.494 e. The van der Waals surface area contributed by atoms with Gasteiger partial charge < -0.3 is 15.9 Å². The Kier molecular flexibility index (Phi) is 4.73. The predicted octanol–water partition coefficient (Wildman–Crippen LogP) is 4.06. The van der Waals surface area contributed by atoms with Gasteiger partial charge in [-0.3, -0.25) is 14.2 Å². The van der Waals surface area contributed by atoms with Crippen molar-refractivity contribution in [1.82, 2.24) is 4.57 Å². The van der Waals surface area contributed by atoms with Crippen molar-refractivity contribution in [3.8, 4) is 17.4 Å². The molecular weight excluding hydrogens is 384 g/mol. The van der Waals surface area contributed by atoms with Gasteiger partial charge in [0, 0.05) is 27.6 Å². The molecule has 0 aliphatic heterocycles. The van der Waals surface area contributed by atoms with Crippen molar-refractivity contribution < 1.29 is 19.8 Å². The van der Waals surface area contributed by atoms with Crippen LogP contribution in [0.3, 0.4) is 0 Å². The number of anilines is 1. The number of nitrogen functional groups attached to an aromatic ring is 1. The number of amides is 2. The molecule has 4 rings (SSSR count). The van der Waals surface area contributed by atoms with Crippen LogP contribution in [0.15, 0.2) is 83.0 Å². The average molecular weight is 400 g/mol. The quantitative estimate of drug-likeness (QED) is 0.353. The summed E-state index contributed by atoms with van der Waals surface area (Å²) < 4.78 is 1.27. The van der Waals surface area contributed by atoms with E-state index in [1.807, 2.05) is 0 Å². The second-order valence-electron chi connectivity index (χ2n) is 6.51. The molecule has 0 aliphatic carbocycles. The number of nitrogens with zero attached hydrogens (tertiary/aromatic N) is 3. The maximum Gasteiger partial charge on any atom is 0.295 e. The molecule has 0 fully saturated rings. The first-order chi connectivity index (χ1) is 14.5. The molecule has 30 heavy (non-hydrogen) atoms. The van der Waals surface area contributed by atoms with Gasteiger partial charge in [-0.25, -0.2) is 0 Å². The SMILES string of the molecule is Nc1ccc(C(=O)N=NC(=O)c2ccc(-n3c(O)c4ccccc4c3O)cc2)cc1. The lowest BCUT2D eigenvalue weighted by molar-refractivity contribution is 0.0947. The van der Waals surface area contributed by atoms with E-state index in [1.165, 1.54) is 28.8 Å². The van der Waals surface area contributed by atoms with E-state index < -0.39 is 11.8 Å². The molecule has 4 N–H and O–H groups in total. The highest BCUT2D eigenvalue weighted by molar-refractivity contribution is 5.99. The zero-order chi connectivity index (χ0) is 21.3. The minimum absolute atomic E-state index is 0.115. The lowest BCUT2D eigenvalue weighted by Gasteiger charge is -2.07. The average Bonchev–Trinajstić information content (AvgIpc) is 3.03. The van der Waals surface area contributed by atoms with Gasteiger partial charge in [0.25, 0.3) is 11.8 Å². The molecule has 0 aliphatic rings. The lowest BCUT2D eigenvalue weighted by Crippen LogP contribution is -1.99. The number of azo groups is 1. The Morgan fingerprint density at radius 1 is 0.700 bits per heavy atom. The molecule has 0 saturated heterocycles. The molecule has 0 bridgehead atoms. The van der Waals surface area contributed by atoms with Crippen LogP contribution in [0, 0.1) is 0 Å². The molecule has 0 atom stereocenters. The van der Waals surface area contributed by atoms with E-state index >= 15 is 0 Å². The summed E-state index contributed by atoms with van der Waals surface area (Å²) in [6.07, 6.45) is 0. The van der Waals surface area contributed by atoms with E-state index in [0.717, 1.165) is 0 Å². The Bertz CT molecular complexity index is 1250. The summed E-state index contributed by atoms with van der Waals surface area (Å²) in [6.45, 7) is 0. The van der Waals surface area contributed by atoms with Crippen molar-refractivity contribution in [2.75, 3.05) is 5.73 Å². The Labute approximate surface area is 170 Å². The van der Waals surface area contributed by atoms with E-state index in [-0.39, 0.29) is 22.9 Å². The Balaban J connectivity index is 1.56. The largest absolute Gasteiger partial charge is 0.494 e. The number of aromatic nitrogens is 1. The van der Waals surface area contributed by atoms with Crippen molar-refractivity contribution >= 4 is 28.3 Å². The molecule has 8 nitrogen and oxygen atoms in total. The van der Waals surface area contributed by atoms with Crippen molar-refractivity contribution in [3.05, 3.63) is 83.9 Å². The Morgan fingerprint density at radius 3 is 1.60 bits per heavy atom. The van der Waals surface area contributed by atoms with Gasteiger partial charge in [-0.1, -0.05) is 12.1 Å². The number of carbonyl (C=O) groups excluding carboxylic acids is 2. The maximum atomic E-state index is 12.2. The summed E-state index contributed by atoms with van der Waals surface area (Å²) >= 11 is 0. The van der Waals surface area contributed by atoms with E-state index in [0.29, 0.717) is 22.1 Å². The van der Waals surface area contributed by atoms with Gasteiger partial charge in [0.05, 0.1) is 5.69 Å². The fourth-order valence-corrected chi connectivity index (χ4v) is 3.04. The standard InChI is InChI=1S/C22H16N4O4/c23-15-9-5-13(6-10-15)19(27)24-25-20(28)14-7-11-16(12-8-14)26-21(29)17-3-1-2-4-18(17)22(26)30/h1-12,29-30H,23H2. The smallest absolute Gasteiger partial charge is 0.295 e. The Hall–Kier alpha value is -4.46. The van der Waals surface area contributed by atoms with Crippen molar-refractivity contribution in [2.24, 2.45) is 10.2 Å². The van der Waals surface area contributed by atoms with Gasteiger partial charge >= 0.3 is 0 Å². The van der Waals surface area contributed by atoms with Crippen LogP contribution >= 0.6 is 0 Å². The first kappa shape index (κ1) is 18.9. The summed E-state index contributed by atoms with van der Waals surface area (Å²) in [5, 5.41) is 28.8. The topological polar surface area (TPSA) is 130 Å². The van der Waals surface area contributed by atoms with Crippen molar-refractivity contribution in [3.63, 3.8) is 0 Å². The number of hydrogen-bond donors (Lipinski definition) is 3. The first-order valence-electron chi connectivity index (χ1n) is 8.93. The van der Waals surface area contributed by atoms with Crippen LogP contribution in [0.4, 0.5) is 5.69 Å². The zero-order valence-electron chi connectivity index (χ0n) is 15.6. The van der Waals surface area contributed by atoms with Gasteiger partial charge in [0.1, 0.15) is 0 Å². The van der Waals surface area contributed by atoms with Crippen LogP contribution in [-0.4, -0.2) is 26.6 Å². The number of benzene rings is 3. The molecule has 0 unspecified atom stereocenters. The molecule has 1 heterocycles. The zero-order valence-corrected chi connectivity index (χ0v) is 15.6. The van der Waals surface area contributed by atoms with Crippen LogP contribution in [-0.2, 0) is 0 Å². The number of aromatic hydroxyl groups is 2. The summed E-state index contributed by atoms with van der Waals surface area (Å²) in [6, 6.07) is 19.0. The maximum absolute atomic E-state index is 12.2. The molecule has 0 radical (unpaired) electrons. The minimum atomic E-state index is -0.698. The molecule has 4 aromatic rings. The Morgan fingerprint density at radius 2 is 1.13 bits per heavy atom. The lowest BCUT2D eigenvalue weighted by atomic mass is 10.2. The molecule has 148 valence electrons. The third-order valence-electron chi connectivity index (χ3n) is 4.59. The summed E-state index contributed by atoms with van der Waals surface area (Å²) in [5.41, 5.74) is 6.99. The third-order valence-corrected chi connectivity index (χ3v) is 4.59. The second kappa shape index (κ2) is 7.51. The third kappa shape index (κ3) is 3.37. The first-order valence-corrected chi connectivity index (χ1v) is 8.93. The highest BCUT2D eigenvalue weighted by Crippen LogP contribution is 2.38. The second-order valence-corrected chi connectivity index (χ2v) is 6.51. The molecule has 0 spiro atoms. The molecule has 8 heteroatoms. The van der Waals surface area contributed by atoms with E-state index in [9.17, 15) is 19.8 Å². The van der Waals surface area contributed by atoms with Crippen LogP contribution in [0.1, 0.15) is 20.7 Å². The number of carbonyl (C=O) groups is 2. The molecular formula is C22H16N4O4. The van der Waals surface area contributed by atoms with Crippen LogP contribution in [0.25, 0.3) is 16.5 Å². The molecule has 2 amide bonds. The number of hydrogen-bond acceptors (Lipinski definition) is 5. The van der Waals surface area contributed by atoms with E-state index in [2.05, 4.69) is 10.2 Å². The monoisotopic (exact) mass is 400 g/mol. The van der Waals surface area contributed by atoms with Crippen molar-refractivity contribution in [2.45, 2.75) is 0 Å². The highest BCUT2D eigenvalue weighted by Gasteiger charge is 2.17.